The average Bonchev–Trinajstić information content (AvgIpc) is 1.58. The van der Waals surface area contributed by atoms with Crippen LogP contribution in [0, 0.1) is 0 Å². The summed E-state index contributed by atoms with van der Waals surface area (Å²) >= 11 is 25.1. The Labute approximate surface area is 682 Å². The number of para-hydroxylation sites is 4. The maximum atomic E-state index is 6.38. The minimum atomic E-state index is 0.199. The van der Waals surface area contributed by atoms with Crippen LogP contribution >= 0.6 is 46.4 Å². The number of furan rings is 4. The lowest BCUT2D eigenvalue weighted by atomic mass is 9.95. The van der Waals surface area contributed by atoms with E-state index < -0.39 is 0 Å². The summed E-state index contributed by atoms with van der Waals surface area (Å²) in [4.78, 5) is 35.6. The fourth-order valence-electron chi connectivity index (χ4n) is 15.2. The first-order chi connectivity index (χ1) is 57.1. The van der Waals surface area contributed by atoms with Crippen molar-refractivity contribution in [1.29, 1.82) is 0 Å². The summed E-state index contributed by atoms with van der Waals surface area (Å²) < 4.78 is 24.4. The Morgan fingerprint density at radius 1 is 0.172 bits per heavy atom. The normalized spacial score (nSPS) is 11.4. The molecule has 0 saturated carbocycles. The summed E-state index contributed by atoms with van der Waals surface area (Å²) in [6, 6.07) is 119. The summed E-state index contributed by atoms with van der Waals surface area (Å²) in [5.74, 6) is 0. The highest BCUT2D eigenvalue weighted by Gasteiger charge is 2.23. The molecule has 0 aliphatic heterocycles. The van der Waals surface area contributed by atoms with Gasteiger partial charge in [0, 0.05) is 43.8 Å². The third-order valence-electron chi connectivity index (χ3n) is 20.7. The van der Waals surface area contributed by atoms with E-state index in [-0.39, 0.29) is 21.1 Å². The zero-order valence-corrected chi connectivity index (χ0v) is 64.2. The van der Waals surface area contributed by atoms with Gasteiger partial charge in [0.2, 0.25) is 21.1 Å². The van der Waals surface area contributed by atoms with Gasteiger partial charge in [0.1, 0.15) is 67.2 Å². The molecule has 8 heterocycles. The van der Waals surface area contributed by atoms with Crippen molar-refractivity contribution in [1.82, 2.24) is 39.9 Å². The lowest BCUT2D eigenvalue weighted by Gasteiger charge is -2.11. The second kappa shape index (κ2) is 30.4. The molecule has 0 aliphatic rings. The number of hydrogen-bond acceptors (Lipinski definition) is 12. The maximum Gasteiger partial charge on any atom is 0.223 e. The highest BCUT2D eigenvalue weighted by Crippen LogP contribution is 2.43. The summed E-state index contributed by atoms with van der Waals surface area (Å²) in [5.41, 5.74) is 24.3. The number of benzene rings is 15. The fraction of sp³-hybridized carbons (Fsp3) is 0. The number of nitrogens with zero attached hydrogens (tertiary/aromatic N) is 8. The highest BCUT2D eigenvalue weighted by molar-refractivity contribution is 6.31. The lowest BCUT2D eigenvalue weighted by molar-refractivity contribution is 0.667. The fourth-order valence-corrected chi connectivity index (χ4v) is 15.9. The van der Waals surface area contributed by atoms with Gasteiger partial charge in [-0.3, -0.25) is 0 Å². The van der Waals surface area contributed by atoms with E-state index in [0.717, 1.165) is 127 Å². The number of fused-ring (bicyclic) bond motifs is 15. The zero-order chi connectivity index (χ0) is 77.7. The standard InChI is InChI=1S/C28H17ClN2O.2C26H15ClN2O.C20H11ClN2O/c29-28-30-25(27-26(31-28)23-13-7-8-14-24(23)32-27)22-16-20(18-9-3-1-4-10-18)15-21(17-22)19-11-5-2-6-12-19;27-26-28-23(25-24(29-26)21-9-3-4-11-22(21)30-25)18-14-12-17(13-15-18)20-10-5-7-16-6-1-2-8-19(16)20;27-26-28-23(25-24(29-26)21-7-3-4-8-22(21)30-25)18-12-9-17(10-13-18)20-14-11-16-5-1-2-6-19(16)15-20;21-20-22-17(14-10-9-12-5-1-2-6-13(12)11-14)19-18(23-20)15-7-3-4-8-16(15)24-19/h1-17H;2*1-15H;1-11H. The van der Waals surface area contributed by atoms with Crippen molar-refractivity contribution in [2.75, 3.05) is 0 Å². The molecule has 0 spiro atoms. The monoisotopic (exact) mass is 1570 g/mol. The summed E-state index contributed by atoms with van der Waals surface area (Å²) in [5, 5.41) is 11.8. The molecule has 16 heteroatoms. The van der Waals surface area contributed by atoms with Crippen molar-refractivity contribution in [3.63, 3.8) is 0 Å². The number of hydrogen-bond donors (Lipinski definition) is 0. The molecular weight excluding hydrogens is 1520 g/mol. The van der Waals surface area contributed by atoms with E-state index in [9.17, 15) is 0 Å². The van der Waals surface area contributed by atoms with Crippen LogP contribution in [0.25, 0.3) is 210 Å². The summed E-state index contributed by atoms with van der Waals surface area (Å²) in [7, 11) is 0. The molecule has 0 aliphatic carbocycles. The van der Waals surface area contributed by atoms with Gasteiger partial charge in [-0.1, -0.05) is 273 Å². The van der Waals surface area contributed by atoms with Gasteiger partial charge in [-0.15, -0.1) is 0 Å². The number of aromatic nitrogens is 8. The quantitative estimate of drug-likeness (QED) is 0.133. The van der Waals surface area contributed by atoms with Crippen LogP contribution < -0.4 is 0 Å². The largest absolute Gasteiger partial charge is 0.452 e. The average molecular weight is 1580 g/mol. The van der Waals surface area contributed by atoms with Gasteiger partial charge >= 0.3 is 0 Å². The first-order valence-electron chi connectivity index (χ1n) is 37.4. The second-order valence-electron chi connectivity index (χ2n) is 27.8. The molecule has 0 radical (unpaired) electrons. The van der Waals surface area contributed by atoms with Gasteiger partial charge in [0.15, 0.2) is 22.3 Å². The van der Waals surface area contributed by atoms with Crippen molar-refractivity contribution in [2.45, 2.75) is 0 Å². The van der Waals surface area contributed by atoms with E-state index in [0.29, 0.717) is 45.1 Å². The van der Waals surface area contributed by atoms with Gasteiger partial charge in [-0.05, 0) is 202 Å². The van der Waals surface area contributed by atoms with E-state index in [4.69, 9.17) is 64.1 Å². The minimum Gasteiger partial charge on any atom is -0.452 e. The van der Waals surface area contributed by atoms with Crippen molar-refractivity contribution in [3.8, 4) is 89.5 Å². The van der Waals surface area contributed by atoms with Crippen LogP contribution in [0.4, 0.5) is 0 Å². The lowest BCUT2D eigenvalue weighted by Crippen LogP contribution is -1.91. The topological polar surface area (TPSA) is 156 Å². The Morgan fingerprint density at radius 2 is 0.457 bits per heavy atom. The molecule has 0 fully saturated rings. The Morgan fingerprint density at radius 3 is 0.879 bits per heavy atom. The molecular formula is C100H58Cl4N8O4. The highest BCUT2D eigenvalue weighted by atomic mass is 35.5. The molecule has 8 aromatic heterocycles. The molecule has 23 rings (SSSR count). The third-order valence-corrected chi connectivity index (χ3v) is 21.4. The van der Waals surface area contributed by atoms with Gasteiger partial charge in [-0.25, -0.2) is 39.9 Å². The molecule has 0 N–H and O–H groups in total. The molecule has 550 valence electrons. The first-order valence-corrected chi connectivity index (χ1v) is 38.9. The number of halogens is 4. The molecule has 0 unspecified atom stereocenters. The summed E-state index contributed by atoms with van der Waals surface area (Å²) in [6.07, 6.45) is 0. The zero-order valence-electron chi connectivity index (χ0n) is 61.2. The van der Waals surface area contributed by atoms with Crippen molar-refractivity contribution >= 4 is 167 Å². The van der Waals surface area contributed by atoms with Crippen LogP contribution in [0.15, 0.2) is 370 Å². The predicted molar refractivity (Wildman–Crippen MR) is 473 cm³/mol. The predicted octanol–water partition coefficient (Wildman–Crippen LogP) is 28.9. The van der Waals surface area contributed by atoms with E-state index in [1.165, 1.54) is 38.1 Å². The Balaban J connectivity index is 0.000000100. The van der Waals surface area contributed by atoms with Crippen LogP contribution in [0.2, 0.25) is 21.1 Å². The van der Waals surface area contributed by atoms with Gasteiger partial charge in [0.05, 0.1) is 0 Å². The van der Waals surface area contributed by atoms with Crippen molar-refractivity contribution in [2.24, 2.45) is 0 Å². The van der Waals surface area contributed by atoms with Gasteiger partial charge < -0.3 is 17.7 Å². The second-order valence-corrected chi connectivity index (χ2v) is 29.2. The Kier molecular flexibility index (Phi) is 18.5. The van der Waals surface area contributed by atoms with Crippen LogP contribution in [0.1, 0.15) is 0 Å². The van der Waals surface area contributed by atoms with E-state index in [2.05, 4.69) is 240 Å². The van der Waals surface area contributed by atoms with Crippen LogP contribution in [0.5, 0.6) is 0 Å². The van der Waals surface area contributed by atoms with E-state index in [1.54, 1.807) is 0 Å². The Hall–Kier alpha value is -14.2. The summed E-state index contributed by atoms with van der Waals surface area (Å²) in [6.45, 7) is 0. The van der Waals surface area contributed by atoms with Crippen LogP contribution in [-0.4, -0.2) is 39.9 Å². The number of rotatable bonds is 8. The van der Waals surface area contributed by atoms with Gasteiger partial charge in [0.25, 0.3) is 0 Å². The molecule has 0 bridgehead atoms. The third kappa shape index (κ3) is 13.7. The molecule has 15 aromatic carbocycles. The molecule has 0 atom stereocenters. The smallest absolute Gasteiger partial charge is 0.223 e. The van der Waals surface area contributed by atoms with Crippen molar-refractivity contribution < 1.29 is 17.7 Å². The van der Waals surface area contributed by atoms with Crippen molar-refractivity contribution in [3.05, 3.63) is 373 Å². The molecule has 23 aromatic rings. The molecule has 0 saturated heterocycles. The van der Waals surface area contributed by atoms with E-state index >= 15 is 0 Å². The molecule has 0 amide bonds. The molecule has 116 heavy (non-hydrogen) atoms. The molecule has 12 nitrogen and oxygen atoms in total. The van der Waals surface area contributed by atoms with Crippen LogP contribution in [0.3, 0.4) is 0 Å². The minimum absolute atomic E-state index is 0.199. The van der Waals surface area contributed by atoms with E-state index in [1.807, 2.05) is 152 Å². The maximum absolute atomic E-state index is 6.38. The van der Waals surface area contributed by atoms with Crippen LogP contribution in [-0.2, 0) is 0 Å². The first kappa shape index (κ1) is 70.8. The van der Waals surface area contributed by atoms with Gasteiger partial charge in [-0.2, -0.15) is 0 Å². The Bertz CT molecular complexity index is 7660. The SMILES string of the molecule is Clc1nc(-c2cc(-c3ccccc3)cc(-c3ccccc3)c2)c2oc3ccccc3c2n1.Clc1nc(-c2ccc(-c3ccc4ccccc4c3)cc2)c2oc3ccccc3c2n1.Clc1nc(-c2ccc(-c3cccc4ccccc34)cc2)c2oc3ccccc3c2n1.Clc1nc(-c2ccc3ccccc3c2)c2oc3ccccc3c2n1.